The minimum atomic E-state index is 1.11. The number of rotatable bonds is 6. The summed E-state index contributed by atoms with van der Waals surface area (Å²) in [4.78, 5) is 2.36. The number of hydrogen-bond donors (Lipinski definition) is 0. The minimum absolute atomic E-state index is 1.11. The van der Waals surface area contributed by atoms with Crippen LogP contribution in [0.15, 0.2) is 200 Å². The molecule has 9 aromatic carbocycles. The van der Waals surface area contributed by atoms with Crippen LogP contribution in [0.5, 0.6) is 0 Å². The van der Waals surface area contributed by atoms with Crippen molar-refractivity contribution < 1.29 is 0 Å². The largest absolute Gasteiger partial charge is 0.311 e. The first-order chi connectivity index (χ1) is 25.8. The van der Waals surface area contributed by atoms with Crippen molar-refractivity contribution in [1.29, 1.82) is 0 Å². The third kappa shape index (κ3) is 5.33. The van der Waals surface area contributed by atoms with Gasteiger partial charge in [0.15, 0.2) is 0 Å². The molecule has 0 amide bonds. The summed E-state index contributed by atoms with van der Waals surface area (Å²) in [5.74, 6) is 0. The first kappa shape index (κ1) is 30.4. The van der Waals surface area contributed by atoms with Crippen LogP contribution in [0.4, 0.5) is 17.1 Å². The fourth-order valence-corrected chi connectivity index (χ4v) is 8.90. The van der Waals surface area contributed by atoms with Crippen molar-refractivity contribution in [2.45, 2.75) is 0 Å². The normalized spacial score (nSPS) is 11.5. The lowest BCUT2D eigenvalue weighted by Crippen LogP contribution is -2.09. The van der Waals surface area contributed by atoms with Crippen LogP contribution in [0.2, 0.25) is 0 Å². The maximum absolute atomic E-state index is 2.36. The fourth-order valence-electron chi connectivity index (χ4n) is 7.64. The molecule has 10 rings (SSSR count). The summed E-state index contributed by atoms with van der Waals surface area (Å²) in [5, 5.41) is 7.78. The number of hydrogen-bond acceptors (Lipinski definition) is 2. The average Bonchev–Trinajstić information content (AvgIpc) is 3.62. The maximum atomic E-state index is 2.36. The van der Waals surface area contributed by atoms with E-state index in [9.17, 15) is 0 Å². The Labute approximate surface area is 307 Å². The van der Waals surface area contributed by atoms with Crippen LogP contribution in [0.1, 0.15) is 0 Å². The molecule has 0 unspecified atom stereocenters. The van der Waals surface area contributed by atoms with Crippen LogP contribution < -0.4 is 4.90 Å². The Morgan fingerprint density at radius 2 is 0.865 bits per heavy atom. The van der Waals surface area contributed by atoms with E-state index in [1.807, 2.05) is 11.3 Å². The number of nitrogens with zero attached hydrogens (tertiary/aromatic N) is 1. The third-order valence-corrected chi connectivity index (χ3v) is 11.5. The van der Waals surface area contributed by atoms with Gasteiger partial charge in [0, 0.05) is 37.2 Å². The van der Waals surface area contributed by atoms with Gasteiger partial charge in [0.2, 0.25) is 0 Å². The van der Waals surface area contributed by atoms with Crippen LogP contribution in [0.25, 0.3) is 75.1 Å². The molecule has 1 nitrogen and oxygen atoms in total. The average molecular weight is 680 g/mol. The van der Waals surface area contributed by atoms with Crippen molar-refractivity contribution in [2.24, 2.45) is 0 Å². The Hall–Kier alpha value is -6.48. The number of benzene rings is 9. The van der Waals surface area contributed by atoms with Gasteiger partial charge in [-0.05, 0) is 103 Å². The van der Waals surface area contributed by atoms with Crippen LogP contribution in [-0.2, 0) is 0 Å². The summed E-state index contributed by atoms with van der Waals surface area (Å²) >= 11 is 1.89. The molecule has 2 heteroatoms. The van der Waals surface area contributed by atoms with Gasteiger partial charge in [-0.2, -0.15) is 0 Å². The van der Waals surface area contributed by atoms with Crippen LogP contribution in [0.3, 0.4) is 0 Å². The lowest BCUT2D eigenvalue weighted by Gasteiger charge is -2.26. The minimum Gasteiger partial charge on any atom is -0.311 e. The molecule has 1 heterocycles. The van der Waals surface area contributed by atoms with E-state index in [0.29, 0.717) is 0 Å². The van der Waals surface area contributed by atoms with Gasteiger partial charge in [0.05, 0.1) is 0 Å². The Balaban J connectivity index is 1.05. The molecule has 244 valence electrons. The van der Waals surface area contributed by atoms with E-state index < -0.39 is 0 Å². The maximum Gasteiger partial charge on any atom is 0.0462 e. The fraction of sp³-hybridized carbons (Fsp3) is 0. The number of fused-ring (bicyclic) bond motifs is 6. The van der Waals surface area contributed by atoms with E-state index in [2.05, 4.69) is 205 Å². The lowest BCUT2D eigenvalue weighted by atomic mass is 9.97. The van der Waals surface area contributed by atoms with E-state index in [1.165, 1.54) is 75.1 Å². The third-order valence-electron chi connectivity index (χ3n) is 10.3. The molecule has 0 N–H and O–H groups in total. The highest BCUT2D eigenvalue weighted by Gasteiger charge is 2.16. The summed E-state index contributed by atoms with van der Waals surface area (Å²) in [5.41, 5.74) is 10.7. The monoisotopic (exact) mass is 679 g/mol. The predicted molar refractivity (Wildman–Crippen MR) is 225 cm³/mol. The molecule has 1 aromatic heterocycles. The van der Waals surface area contributed by atoms with E-state index >= 15 is 0 Å². The highest BCUT2D eigenvalue weighted by molar-refractivity contribution is 7.26. The number of anilines is 3. The van der Waals surface area contributed by atoms with E-state index in [-0.39, 0.29) is 0 Å². The van der Waals surface area contributed by atoms with E-state index in [0.717, 1.165) is 17.1 Å². The standard InChI is InChI=1S/C50H33NS/c1-2-9-34(10-3-1)36-19-26-42(27-20-36)51(43-28-21-37(22-29-43)41-18-17-35-11-4-5-13-40(35)33-41)44-30-23-39(24-31-44)45-15-8-16-48-49(45)47-32-25-38-12-6-7-14-46(38)50(47)52-48/h1-33H. The molecule has 0 saturated carbocycles. The Morgan fingerprint density at radius 3 is 1.58 bits per heavy atom. The van der Waals surface area contributed by atoms with Gasteiger partial charge in [0.1, 0.15) is 0 Å². The van der Waals surface area contributed by atoms with Crippen LogP contribution in [-0.4, -0.2) is 0 Å². The Kier molecular flexibility index (Phi) is 7.41. The van der Waals surface area contributed by atoms with Crippen LogP contribution >= 0.6 is 11.3 Å². The zero-order valence-corrected chi connectivity index (χ0v) is 29.2. The summed E-state index contributed by atoms with van der Waals surface area (Å²) in [7, 11) is 0. The lowest BCUT2D eigenvalue weighted by molar-refractivity contribution is 1.28. The molecule has 0 bridgehead atoms. The van der Waals surface area contributed by atoms with Crippen LogP contribution in [0, 0.1) is 0 Å². The molecule has 0 fully saturated rings. The number of thiophene rings is 1. The molecular formula is C50H33NS. The Bertz CT molecular complexity index is 2870. The molecule has 0 aliphatic heterocycles. The van der Waals surface area contributed by atoms with Crippen molar-refractivity contribution in [3.05, 3.63) is 200 Å². The molecule has 52 heavy (non-hydrogen) atoms. The van der Waals surface area contributed by atoms with Crippen molar-refractivity contribution >= 4 is 70.1 Å². The highest BCUT2D eigenvalue weighted by atomic mass is 32.1. The molecule has 0 atom stereocenters. The van der Waals surface area contributed by atoms with Gasteiger partial charge in [-0.15, -0.1) is 11.3 Å². The van der Waals surface area contributed by atoms with Gasteiger partial charge >= 0.3 is 0 Å². The van der Waals surface area contributed by atoms with Gasteiger partial charge in [-0.1, -0.05) is 152 Å². The molecule has 0 aliphatic rings. The van der Waals surface area contributed by atoms with Gasteiger partial charge < -0.3 is 4.90 Å². The van der Waals surface area contributed by atoms with Crippen molar-refractivity contribution in [1.82, 2.24) is 0 Å². The quantitative estimate of drug-likeness (QED) is 0.169. The second-order valence-electron chi connectivity index (χ2n) is 13.3. The van der Waals surface area contributed by atoms with Crippen molar-refractivity contribution in [3.8, 4) is 33.4 Å². The first-order valence-corrected chi connectivity index (χ1v) is 18.6. The molecule has 0 saturated heterocycles. The first-order valence-electron chi connectivity index (χ1n) is 17.8. The molecule has 0 radical (unpaired) electrons. The molecular weight excluding hydrogens is 647 g/mol. The zero-order chi connectivity index (χ0) is 34.4. The topological polar surface area (TPSA) is 3.24 Å². The summed E-state index contributed by atoms with van der Waals surface area (Å²) < 4.78 is 2.67. The smallest absolute Gasteiger partial charge is 0.0462 e. The molecule has 0 spiro atoms. The second-order valence-corrected chi connectivity index (χ2v) is 14.4. The zero-order valence-electron chi connectivity index (χ0n) is 28.4. The predicted octanol–water partition coefficient (Wildman–Crippen LogP) is 14.8. The molecule has 0 aliphatic carbocycles. The van der Waals surface area contributed by atoms with E-state index in [1.54, 1.807) is 0 Å². The SMILES string of the molecule is c1ccc(-c2ccc(N(c3ccc(-c4ccc5ccccc5c4)cc3)c3ccc(-c4cccc5sc6c7ccccc7ccc6c45)cc3)cc2)cc1. The Morgan fingerprint density at radius 1 is 0.327 bits per heavy atom. The summed E-state index contributed by atoms with van der Waals surface area (Å²) in [6.45, 7) is 0. The van der Waals surface area contributed by atoms with Crippen molar-refractivity contribution in [2.75, 3.05) is 4.90 Å². The highest BCUT2D eigenvalue weighted by Crippen LogP contribution is 2.44. The summed E-state index contributed by atoms with van der Waals surface area (Å²) in [6.07, 6.45) is 0. The van der Waals surface area contributed by atoms with Gasteiger partial charge in [-0.25, -0.2) is 0 Å². The van der Waals surface area contributed by atoms with Gasteiger partial charge in [-0.3, -0.25) is 0 Å². The summed E-state index contributed by atoms with van der Waals surface area (Å²) in [6, 6.07) is 72.8. The van der Waals surface area contributed by atoms with Gasteiger partial charge in [0.25, 0.3) is 0 Å². The molecule has 10 aromatic rings. The van der Waals surface area contributed by atoms with E-state index in [4.69, 9.17) is 0 Å². The second kappa shape index (κ2) is 12.7. The van der Waals surface area contributed by atoms with Crippen molar-refractivity contribution in [3.63, 3.8) is 0 Å².